The number of carbonyl (C=O) groups is 2. The minimum absolute atomic E-state index is 0.179. The second-order valence-corrected chi connectivity index (χ2v) is 6.74. The Labute approximate surface area is 154 Å². The summed E-state index contributed by atoms with van der Waals surface area (Å²) >= 11 is 1.27. The molecule has 1 aromatic heterocycles. The van der Waals surface area contributed by atoms with Crippen LogP contribution in [0.15, 0.2) is 21.3 Å². The number of ether oxygens (including phenoxy) is 1. The standard InChI is InChI=1S/C18H21NO6S/c1-9-11-5-6-14(24-3)10(2)16(11)25-18(23)12(9)7-15(20)19-13(8-26-4)17(21)22/h5-6,13H,7-8H2,1-4H3,(H,19,20)(H,21,22)/p-1/t13-/m0/s1. The van der Waals surface area contributed by atoms with Gasteiger partial charge in [-0.05, 0) is 37.8 Å². The minimum Gasteiger partial charge on any atom is -0.548 e. The number of thioether (sulfide) groups is 1. The predicted molar refractivity (Wildman–Crippen MR) is 97.5 cm³/mol. The summed E-state index contributed by atoms with van der Waals surface area (Å²) in [6.45, 7) is 3.51. The lowest BCUT2D eigenvalue weighted by Gasteiger charge is -2.19. The molecule has 0 saturated carbocycles. The number of fused-ring (bicyclic) bond motifs is 1. The molecule has 1 N–H and O–H groups in total. The van der Waals surface area contributed by atoms with Crippen LogP contribution >= 0.6 is 11.8 Å². The monoisotopic (exact) mass is 378 g/mol. The number of carboxylic acids is 1. The van der Waals surface area contributed by atoms with Gasteiger partial charge in [-0.3, -0.25) is 4.79 Å². The Kier molecular flexibility index (Phi) is 6.31. The van der Waals surface area contributed by atoms with Gasteiger partial charge in [0.2, 0.25) is 5.91 Å². The van der Waals surface area contributed by atoms with Gasteiger partial charge in [-0.2, -0.15) is 11.8 Å². The highest BCUT2D eigenvalue weighted by molar-refractivity contribution is 7.98. The van der Waals surface area contributed by atoms with Gasteiger partial charge in [0.15, 0.2) is 0 Å². The molecule has 1 atom stereocenters. The van der Waals surface area contributed by atoms with E-state index in [1.165, 1.54) is 18.9 Å². The fourth-order valence-corrected chi connectivity index (χ4v) is 3.29. The van der Waals surface area contributed by atoms with Crippen molar-refractivity contribution in [2.75, 3.05) is 19.1 Å². The number of aliphatic carboxylic acids is 1. The third kappa shape index (κ3) is 4.01. The molecule has 140 valence electrons. The molecular weight excluding hydrogens is 358 g/mol. The number of aryl methyl sites for hydroxylation is 2. The summed E-state index contributed by atoms with van der Waals surface area (Å²) in [6, 6.07) is 2.41. The Hall–Kier alpha value is -2.48. The maximum absolute atomic E-state index is 12.4. The van der Waals surface area contributed by atoms with Crippen molar-refractivity contribution in [1.29, 1.82) is 0 Å². The van der Waals surface area contributed by atoms with E-state index in [0.717, 1.165) is 0 Å². The summed E-state index contributed by atoms with van der Waals surface area (Å²) < 4.78 is 10.6. The lowest BCUT2D eigenvalue weighted by atomic mass is 10.0. The number of amides is 1. The van der Waals surface area contributed by atoms with Crippen LogP contribution in [-0.4, -0.2) is 37.0 Å². The number of carboxylic acid groups (broad SMARTS) is 1. The molecule has 0 unspecified atom stereocenters. The Morgan fingerprint density at radius 3 is 2.58 bits per heavy atom. The molecule has 0 aliphatic carbocycles. The molecule has 0 aliphatic rings. The summed E-state index contributed by atoms with van der Waals surface area (Å²) in [6.07, 6.45) is 1.45. The van der Waals surface area contributed by atoms with E-state index < -0.39 is 23.5 Å². The average molecular weight is 378 g/mol. The first-order chi connectivity index (χ1) is 12.3. The van der Waals surface area contributed by atoms with Crippen molar-refractivity contribution in [3.63, 3.8) is 0 Å². The van der Waals surface area contributed by atoms with Gasteiger partial charge in [0.25, 0.3) is 0 Å². The lowest BCUT2D eigenvalue weighted by molar-refractivity contribution is -0.307. The van der Waals surface area contributed by atoms with Crippen LogP contribution in [0.25, 0.3) is 11.0 Å². The van der Waals surface area contributed by atoms with Gasteiger partial charge in [-0.15, -0.1) is 0 Å². The van der Waals surface area contributed by atoms with Crippen LogP contribution in [0.4, 0.5) is 0 Å². The molecule has 2 aromatic rings. The largest absolute Gasteiger partial charge is 0.548 e. The van der Waals surface area contributed by atoms with Crippen molar-refractivity contribution in [2.24, 2.45) is 0 Å². The van der Waals surface area contributed by atoms with Gasteiger partial charge in [-0.25, -0.2) is 4.79 Å². The minimum atomic E-state index is -1.36. The van der Waals surface area contributed by atoms with Crippen LogP contribution < -0.4 is 20.8 Å². The molecule has 0 radical (unpaired) electrons. The second kappa shape index (κ2) is 8.27. The fourth-order valence-electron chi connectivity index (χ4n) is 2.74. The maximum Gasteiger partial charge on any atom is 0.340 e. The Morgan fingerprint density at radius 2 is 2.00 bits per heavy atom. The zero-order valence-corrected chi connectivity index (χ0v) is 15.8. The molecule has 0 fully saturated rings. The number of hydrogen-bond acceptors (Lipinski definition) is 7. The van der Waals surface area contributed by atoms with Gasteiger partial charge in [-0.1, -0.05) is 0 Å². The molecular formula is C18H20NO6S-. The van der Waals surface area contributed by atoms with E-state index in [4.69, 9.17) is 9.15 Å². The highest BCUT2D eigenvalue weighted by atomic mass is 32.2. The molecule has 0 saturated heterocycles. The molecule has 8 heteroatoms. The van der Waals surface area contributed by atoms with Crippen molar-refractivity contribution in [3.8, 4) is 5.75 Å². The average Bonchev–Trinajstić information content (AvgIpc) is 2.59. The quantitative estimate of drug-likeness (QED) is 0.701. The first-order valence-electron chi connectivity index (χ1n) is 7.89. The smallest absolute Gasteiger partial charge is 0.340 e. The molecule has 2 rings (SSSR count). The van der Waals surface area contributed by atoms with E-state index in [0.29, 0.717) is 27.8 Å². The molecule has 7 nitrogen and oxygen atoms in total. The molecule has 1 amide bonds. The first kappa shape index (κ1) is 19.8. The second-order valence-electron chi connectivity index (χ2n) is 5.83. The summed E-state index contributed by atoms with van der Waals surface area (Å²) in [4.78, 5) is 35.6. The molecule has 26 heavy (non-hydrogen) atoms. The Balaban J connectivity index is 2.37. The fraction of sp³-hybridized carbons (Fsp3) is 0.389. The van der Waals surface area contributed by atoms with Crippen molar-refractivity contribution in [1.82, 2.24) is 5.32 Å². The van der Waals surface area contributed by atoms with E-state index in [1.807, 2.05) is 0 Å². The summed E-state index contributed by atoms with van der Waals surface area (Å²) in [5, 5.41) is 14.1. The summed E-state index contributed by atoms with van der Waals surface area (Å²) in [7, 11) is 1.53. The van der Waals surface area contributed by atoms with Crippen LogP contribution in [0.3, 0.4) is 0 Å². The number of methoxy groups -OCH3 is 1. The van der Waals surface area contributed by atoms with Crippen LogP contribution in [0.2, 0.25) is 0 Å². The first-order valence-corrected chi connectivity index (χ1v) is 9.28. The maximum atomic E-state index is 12.4. The number of rotatable bonds is 7. The Bertz CT molecular complexity index is 905. The lowest BCUT2D eigenvalue weighted by Crippen LogP contribution is -2.50. The van der Waals surface area contributed by atoms with Crippen molar-refractivity contribution in [3.05, 3.63) is 39.2 Å². The van der Waals surface area contributed by atoms with Crippen LogP contribution in [0.1, 0.15) is 16.7 Å². The van der Waals surface area contributed by atoms with E-state index in [2.05, 4.69) is 5.32 Å². The number of benzene rings is 1. The SMILES string of the molecule is COc1ccc2c(C)c(CC(=O)N[C@@H](CSC)C(=O)[O-])c(=O)oc2c1C. The number of hydrogen-bond donors (Lipinski definition) is 1. The highest BCUT2D eigenvalue weighted by Crippen LogP contribution is 2.29. The number of nitrogens with one attached hydrogen (secondary N) is 1. The van der Waals surface area contributed by atoms with Crippen molar-refractivity contribution < 1.29 is 23.8 Å². The molecule has 1 aromatic carbocycles. The van der Waals surface area contributed by atoms with Crippen LogP contribution in [0, 0.1) is 13.8 Å². The van der Waals surface area contributed by atoms with E-state index in [1.54, 1.807) is 32.2 Å². The zero-order chi connectivity index (χ0) is 19.4. The van der Waals surface area contributed by atoms with E-state index in [-0.39, 0.29) is 17.7 Å². The van der Waals surface area contributed by atoms with E-state index >= 15 is 0 Å². The number of carbonyl (C=O) groups excluding carboxylic acids is 2. The van der Waals surface area contributed by atoms with Crippen molar-refractivity contribution in [2.45, 2.75) is 26.3 Å². The third-order valence-corrected chi connectivity index (χ3v) is 4.83. The van der Waals surface area contributed by atoms with Gasteiger partial charge in [0.1, 0.15) is 11.3 Å². The third-order valence-electron chi connectivity index (χ3n) is 4.16. The van der Waals surface area contributed by atoms with Gasteiger partial charge >= 0.3 is 5.63 Å². The van der Waals surface area contributed by atoms with Crippen molar-refractivity contribution >= 4 is 34.6 Å². The zero-order valence-electron chi connectivity index (χ0n) is 15.0. The molecule has 0 spiro atoms. The highest BCUT2D eigenvalue weighted by Gasteiger charge is 2.19. The van der Waals surface area contributed by atoms with Crippen LogP contribution in [-0.2, 0) is 16.0 Å². The Morgan fingerprint density at radius 1 is 1.31 bits per heavy atom. The van der Waals surface area contributed by atoms with Gasteiger partial charge in [0.05, 0.1) is 31.1 Å². The molecule has 0 aliphatic heterocycles. The van der Waals surface area contributed by atoms with E-state index in [9.17, 15) is 19.5 Å². The topological polar surface area (TPSA) is 109 Å². The summed E-state index contributed by atoms with van der Waals surface area (Å²) in [5.74, 6) is -1.16. The normalized spacial score (nSPS) is 12.0. The van der Waals surface area contributed by atoms with Crippen LogP contribution in [0.5, 0.6) is 5.75 Å². The summed E-state index contributed by atoms with van der Waals surface area (Å²) in [5.41, 5.74) is 1.29. The molecule has 0 bridgehead atoms. The van der Waals surface area contributed by atoms with Gasteiger partial charge < -0.3 is 24.4 Å². The van der Waals surface area contributed by atoms with Gasteiger partial charge in [0, 0.05) is 16.7 Å². The predicted octanol–water partition coefficient (Wildman–Crippen LogP) is 0.559. The molecule has 1 heterocycles.